The summed E-state index contributed by atoms with van der Waals surface area (Å²) in [7, 11) is 0. The fraction of sp³-hybridized carbons (Fsp3) is 0.450. The molecular formula is C20H23N3O3S. The lowest BCUT2D eigenvalue weighted by atomic mass is 9.80. The smallest absolute Gasteiger partial charge is 0.269 e. The molecule has 1 fully saturated rings. The zero-order valence-corrected chi connectivity index (χ0v) is 15.9. The third-order valence-corrected chi connectivity index (χ3v) is 6.56. The second-order valence-electron chi connectivity index (χ2n) is 7.26. The van der Waals surface area contributed by atoms with Crippen molar-refractivity contribution < 1.29 is 9.72 Å². The SMILES string of the molecule is O=C(NCCc1cccs1)[C@@H]1Cc2cc([N+](=O)[O-])ccc2N2CCCC[C@@H]12. The molecule has 7 heteroatoms. The maximum Gasteiger partial charge on any atom is 0.269 e. The molecule has 2 aromatic rings. The van der Waals surface area contributed by atoms with Crippen LogP contribution in [0.15, 0.2) is 35.7 Å². The van der Waals surface area contributed by atoms with Crippen molar-refractivity contribution in [1.29, 1.82) is 0 Å². The lowest BCUT2D eigenvalue weighted by Crippen LogP contribution is -2.53. The zero-order valence-electron chi connectivity index (χ0n) is 15.1. The average Bonchev–Trinajstić information content (AvgIpc) is 3.20. The van der Waals surface area contributed by atoms with E-state index in [1.807, 2.05) is 17.5 Å². The Morgan fingerprint density at radius 1 is 1.33 bits per heavy atom. The van der Waals surface area contributed by atoms with E-state index >= 15 is 0 Å². The standard InChI is InChI=1S/C20H23N3O3S/c24-20(21-9-8-16-4-3-11-27-16)17-13-14-12-15(23(25)26)6-7-18(14)22-10-2-1-5-19(17)22/h3-4,6-7,11-12,17,19H,1-2,5,8-10,13H2,(H,21,24)/t17-,19+/m1/s1. The largest absolute Gasteiger partial charge is 0.368 e. The first-order valence-corrected chi connectivity index (χ1v) is 10.4. The summed E-state index contributed by atoms with van der Waals surface area (Å²) in [5, 5.41) is 16.3. The van der Waals surface area contributed by atoms with Gasteiger partial charge in [0.05, 0.1) is 10.8 Å². The van der Waals surface area contributed by atoms with Gasteiger partial charge in [-0.25, -0.2) is 0 Å². The van der Waals surface area contributed by atoms with Gasteiger partial charge >= 0.3 is 0 Å². The molecule has 4 rings (SSSR count). The number of nitro groups is 1. The monoisotopic (exact) mass is 385 g/mol. The molecule has 2 atom stereocenters. The van der Waals surface area contributed by atoms with Gasteiger partial charge in [0, 0.05) is 41.8 Å². The molecule has 6 nitrogen and oxygen atoms in total. The van der Waals surface area contributed by atoms with Crippen molar-refractivity contribution in [3.05, 3.63) is 56.3 Å². The van der Waals surface area contributed by atoms with Crippen molar-refractivity contribution in [2.45, 2.75) is 38.1 Å². The number of piperidine rings is 1. The van der Waals surface area contributed by atoms with Gasteiger partial charge in [0.15, 0.2) is 0 Å². The first-order valence-electron chi connectivity index (χ1n) is 9.47. The molecule has 142 valence electrons. The summed E-state index contributed by atoms with van der Waals surface area (Å²) >= 11 is 1.70. The molecule has 1 aromatic carbocycles. The van der Waals surface area contributed by atoms with E-state index in [2.05, 4.69) is 16.3 Å². The lowest BCUT2D eigenvalue weighted by Gasteiger charge is -2.45. The molecule has 2 aliphatic heterocycles. The van der Waals surface area contributed by atoms with Crippen LogP contribution in [0.4, 0.5) is 11.4 Å². The highest BCUT2D eigenvalue weighted by Crippen LogP contribution is 2.39. The Morgan fingerprint density at radius 3 is 3.00 bits per heavy atom. The number of anilines is 1. The summed E-state index contributed by atoms with van der Waals surface area (Å²) in [6, 6.07) is 9.37. The van der Waals surface area contributed by atoms with Crippen LogP contribution in [0.25, 0.3) is 0 Å². The number of rotatable bonds is 5. The number of thiophene rings is 1. The van der Waals surface area contributed by atoms with Gasteiger partial charge in [-0.1, -0.05) is 6.07 Å². The normalized spacial score (nSPS) is 21.3. The van der Waals surface area contributed by atoms with Gasteiger partial charge in [0.25, 0.3) is 5.69 Å². The van der Waals surface area contributed by atoms with E-state index in [0.29, 0.717) is 13.0 Å². The number of hydrogen-bond donors (Lipinski definition) is 1. The molecule has 0 bridgehead atoms. The number of non-ortho nitro benzene ring substituents is 1. The summed E-state index contributed by atoms with van der Waals surface area (Å²) in [6.45, 7) is 1.54. The first-order chi connectivity index (χ1) is 13.1. The van der Waals surface area contributed by atoms with Gasteiger partial charge in [0.1, 0.15) is 0 Å². The van der Waals surface area contributed by atoms with Crippen LogP contribution in [0.1, 0.15) is 29.7 Å². The van der Waals surface area contributed by atoms with Crippen molar-refractivity contribution in [2.75, 3.05) is 18.0 Å². The summed E-state index contributed by atoms with van der Waals surface area (Å²) in [6.07, 6.45) is 4.64. The van der Waals surface area contributed by atoms with Gasteiger partial charge in [-0.2, -0.15) is 0 Å². The van der Waals surface area contributed by atoms with Crippen molar-refractivity contribution in [1.82, 2.24) is 5.32 Å². The Labute approximate surface area is 162 Å². The molecule has 0 aliphatic carbocycles. The molecule has 3 heterocycles. The van der Waals surface area contributed by atoms with E-state index in [1.54, 1.807) is 23.5 Å². The van der Waals surface area contributed by atoms with Crippen LogP contribution in [-0.2, 0) is 17.6 Å². The minimum Gasteiger partial charge on any atom is -0.368 e. The number of nitro benzene ring substituents is 1. The Bertz CT molecular complexity index is 837. The van der Waals surface area contributed by atoms with Crippen LogP contribution in [0.5, 0.6) is 0 Å². The van der Waals surface area contributed by atoms with Crippen LogP contribution in [0, 0.1) is 16.0 Å². The third kappa shape index (κ3) is 3.69. The predicted octanol–water partition coefficient (Wildman–Crippen LogP) is 3.55. The van der Waals surface area contributed by atoms with Crippen LogP contribution in [0.3, 0.4) is 0 Å². The molecular weight excluding hydrogens is 362 g/mol. The van der Waals surface area contributed by atoms with Gasteiger partial charge in [-0.3, -0.25) is 14.9 Å². The van der Waals surface area contributed by atoms with E-state index in [4.69, 9.17) is 0 Å². The highest BCUT2D eigenvalue weighted by Gasteiger charge is 2.39. The van der Waals surface area contributed by atoms with Crippen molar-refractivity contribution in [3.63, 3.8) is 0 Å². The van der Waals surface area contributed by atoms with Gasteiger partial charge in [0.2, 0.25) is 5.91 Å². The molecule has 27 heavy (non-hydrogen) atoms. The third-order valence-electron chi connectivity index (χ3n) is 5.62. The quantitative estimate of drug-likeness (QED) is 0.631. The Hall–Kier alpha value is -2.41. The minimum atomic E-state index is -0.362. The maximum atomic E-state index is 12.9. The number of carbonyl (C=O) groups excluding carboxylic acids is 1. The molecule has 1 saturated heterocycles. The number of nitrogens with one attached hydrogen (secondary N) is 1. The van der Waals surface area contributed by atoms with Crippen molar-refractivity contribution in [2.24, 2.45) is 5.92 Å². The Morgan fingerprint density at radius 2 is 2.22 bits per heavy atom. The van der Waals surface area contributed by atoms with Crippen LogP contribution < -0.4 is 10.2 Å². The summed E-state index contributed by atoms with van der Waals surface area (Å²) in [5.74, 6) is -0.0799. The van der Waals surface area contributed by atoms with Gasteiger partial charge < -0.3 is 10.2 Å². The zero-order chi connectivity index (χ0) is 18.8. The lowest BCUT2D eigenvalue weighted by molar-refractivity contribution is -0.384. The topological polar surface area (TPSA) is 75.5 Å². The number of benzene rings is 1. The van der Waals surface area contributed by atoms with E-state index in [9.17, 15) is 14.9 Å². The van der Waals surface area contributed by atoms with Crippen LogP contribution in [-0.4, -0.2) is 30.0 Å². The fourth-order valence-electron chi connectivity index (χ4n) is 4.34. The van der Waals surface area contributed by atoms with E-state index in [1.165, 1.54) is 4.88 Å². The number of fused-ring (bicyclic) bond motifs is 3. The van der Waals surface area contributed by atoms with Crippen LogP contribution in [0.2, 0.25) is 0 Å². The number of hydrogen-bond acceptors (Lipinski definition) is 5. The molecule has 2 aliphatic rings. The second kappa shape index (κ2) is 7.68. The molecule has 1 aromatic heterocycles. The summed E-state index contributed by atoms with van der Waals surface area (Å²) in [5.41, 5.74) is 2.08. The fourth-order valence-corrected chi connectivity index (χ4v) is 5.05. The molecule has 0 unspecified atom stereocenters. The molecule has 0 saturated carbocycles. The van der Waals surface area contributed by atoms with Crippen LogP contribution >= 0.6 is 11.3 Å². The van der Waals surface area contributed by atoms with Gasteiger partial charge in [-0.15, -0.1) is 11.3 Å². The number of nitrogens with zero attached hydrogens (tertiary/aromatic N) is 2. The predicted molar refractivity (Wildman–Crippen MR) is 106 cm³/mol. The second-order valence-corrected chi connectivity index (χ2v) is 8.29. The van der Waals surface area contributed by atoms with Gasteiger partial charge in [-0.05, 0) is 55.2 Å². The van der Waals surface area contributed by atoms with Crippen molar-refractivity contribution in [3.8, 4) is 0 Å². The maximum absolute atomic E-state index is 12.9. The highest BCUT2D eigenvalue weighted by atomic mass is 32.1. The van der Waals surface area contributed by atoms with Crippen molar-refractivity contribution >= 4 is 28.6 Å². The minimum absolute atomic E-state index is 0.0700. The first kappa shape index (κ1) is 18.0. The number of amides is 1. The summed E-state index contributed by atoms with van der Waals surface area (Å²) in [4.78, 5) is 27.3. The molecule has 0 radical (unpaired) electrons. The molecule has 1 N–H and O–H groups in total. The Balaban J connectivity index is 1.52. The molecule has 0 spiro atoms. The average molecular weight is 385 g/mol. The highest BCUT2D eigenvalue weighted by molar-refractivity contribution is 7.09. The van der Waals surface area contributed by atoms with E-state index < -0.39 is 0 Å². The van der Waals surface area contributed by atoms with E-state index in [0.717, 1.165) is 43.5 Å². The number of carbonyl (C=O) groups is 1. The Kier molecular flexibility index (Phi) is 5.11. The van der Waals surface area contributed by atoms with E-state index in [-0.39, 0.29) is 28.5 Å². The molecule has 1 amide bonds. The summed E-state index contributed by atoms with van der Waals surface area (Å²) < 4.78 is 0.